The molecule has 1 heterocycles. The van der Waals surface area contributed by atoms with Crippen LogP contribution in [0.2, 0.25) is 0 Å². The number of hydrogen-bond acceptors (Lipinski definition) is 5. The molecule has 0 saturated carbocycles. The van der Waals surface area contributed by atoms with Crippen LogP contribution in [0, 0.1) is 0 Å². The summed E-state index contributed by atoms with van der Waals surface area (Å²) in [5, 5.41) is 4.93. The molecule has 0 aromatic heterocycles. The lowest BCUT2D eigenvalue weighted by Gasteiger charge is -2.32. The van der Waals surface area contributed by atoms with Crippen molar-refractivity contribution in [2.45, 2.75) is 19.8 Å². The molecule has 0 saturated heterocycles. The van der Waals surface area contributed by atoms with Crippen molar-refractivity contribution in [3.8, 4) is 11.5 Å². The van der Waals surface area contributed by atoms with Crippen molar-refractivity contribution < 1.29 is 22.7 Å². The molecule has 35 heavy (non-hydrogen) atoms. The Bertz CT molecular complexity index is 1530. The molecule has 8 heteroatoms. The molecule has 3 aromatic rings. The molecule has 5 rings (SSSR count). The number of rotatable bonds is 6. The molecule has 1 amide bonds. The lowest BCUT2D eigenvalue weighted by atomic mass is 10.0. The van der Waals surface area contributed by atoms with E-state index in [1.54, 1.807) is 19.1 Å². The van der Waals surface area contributed by atoms with E-state index in [1.165, 1.54) is 35.7 Å². The number of benzene rings is 3. The largest absolute Gasteiger partial charge is 0.493 e. The van der Waals surface area contributed by atoms with Gasteiger partial charge in [0.1, 0.15) is 0 Å². The number of nitrogens with one attached hydrogen (secondary N) is 1. The van der Waals surface area contributed by atoms with Crippen LogP contribution in [0.4, 0.5) is 11.4 Å². The molecule has 3 aromatic carbocycles. The van der Waals surface area contributed by atoms with Gasteiger partial charge in [-0.15, -0.1) is 6.58 Å². The highest BCUT2D eigenvalue weighted by Gasteiger charge is 2.40. The zero-order valence-electron chi connectivity index (χ0n) is 19.8. The summed E-state index contributed by atoms with van der Waals surface area (Å²) >= 11 is 0. The second-order valence-electron chi connectivity index (χ2n) is 8.57. The van der Waals surface area contributed by atoms with E-state index in [0.29, 0.717) is 34.0 Å². The summed E-state index contributed by atoms with van der Waals surface area (Å²) in [4.78, 5) is 13.3. The second kappa shape index (κ2) is 8.46. The van der Waals surface area contributed by atoms with Gasteiger partial charge < -0.3 is 14.8 Å². The molecule has 1 N–H and O–H groups in total. The quantitative estimate of drug-likeness (QED) is 0.508. The van der Waals surface area contributed by atoms with Gasteiger partial charge in [0.15, 0.2) is 16.4 Å². The predicted molar refractivity (Wildman–Crippen MR) is 139 cm³/mol. The first-order valence-electron chi connectivity index (χ1n) is 11.3. The van der Waals surface area contributed by atoms with E-state index < -0.39 is 15.9 Å². The average molecular weight is 491 g/mol. The van der Waals surface area contributed by atoms with Gasteiger partial charge in [0.25, 0.3) is 15.9 Å². The molecule has 0 fully saturated rings. The molecule has 0 radical (unpaired) electrons. The monoisotopic (exact) mass is 490 g/mol. The van der Waals surface area contributed by atoms with Crippen LogP contribution in [0.25, 0.3) is 16.3 Å². The Morgan fingerprint density at radius 2 is 1.77 bits per heavy atom. The second-order valence-corrected chi connectivity index (χ2v) is 10.4. The van der Waals surface area contributed by atoms with Gasteiger partial charge in [-0.3, -0.25) is 9.10 Å². The van der Waals surface area contributed by atoms with Crippen LogP contribution in [0.15, 0.2) is 60.0 Å². The van der Waals surface area contributed by atoms with Crippen LogP contribution in [0.5, 0.6) is 11.5 Å². The van der Waals surface area contributed by atoms with E-state index in [0.717, 1.165) is 23.6 Å². The van der Waals surface area contributed by atoms with Crippen LogP contribution in [0.3, 0.4) is 0 Å². The molecule has 180 valence electrons. The number of anilines is 2. The van der Waals surface area contributed by atoms with Crippen molar-refractivity contribution in [1.29, 1.82) is 0 Å². The molecule has 1 aliphatic heterocycles. The first kappa shape index (κ1) is 23.0. The van der Waals surface area contributed by atoms with Gasteiger partial charge in [-0.2, -0.15) is 0 Å². The molecule has 0 bridgehead atoms. The first-order chi connectivity index (χ1) is 16.8. The molecular formula is C27H26N2O5S. The number of allylic oxidation sites excluding steroid dienone is 1. The maximum atomic E-state index is 13.7. The van der Waals surface area contributed by atoms with E-state index in [1.807, 2.05) is 24.3 Å². The number of nitrogens with zero attached hydrogens (tertiary/aromatic N) is 1. The summed E-state index contributed by atoms with van der Waals surface area (Å²) in [5.74, 6) is 0.149. The van der Waals surface area contributed by atoms with Gasteiger partial charge in [-0.05, 0) is 54.0 Å². The van der Waals surface area contributed by atoms with Gasteiger partial charge in [0, 0.05) is 22.7 Å². The summed E-state index contributed by atoms with van der Waals surface area (Å²) in [6.07, 6.45) is 3.40. The highest BCUT2D eigenvalue weighted by Crippen LogP contribution is 2.45. The Morgan fingerprint density at radius 1 is 1.09 bits per heavy atom. The number of methoxy groups -OCH3 is 2. The summed E-state index contributed by atoms with van der Waals surface area (Å²) in [5.41, 5.74) is 4.38. The molecule has 0 spiro atoms. The third-order valence-electron chi connectivity index (χ3n) is 6.69. The number of amides is 1. The van der Waals surface area contributed by atoms with Crippen molar-refractivity contribution in [1.82, 2.24) is 0 Å². The number of carbonyl (C=O) groups excluding carboxylic acids is 1. The van der Waals surface area contributed by atoms with Crippen LogP contribution >= 0.6 is 0 Å². The fraction of sp³-hybridized carbons (Fsp3) is 0.222. The maximum Gasteiger partial charge on any atom is 0.270 e. The molecule has 0 atom stereocenters. The Hall–Kier alpha value is -3.78. The molecule has 7 nitrogen and oxygen atoms in total. The molecular weight excluding hydrogens is 464 g/mol. The molecule has 1 aliphatic carbocycles. The van der Waals surface area contributed by atoms with Gasteiger partial charge in [0.05, 0.1) is 26.5 Å². The van der Waals surface area contributed by atoms with E-state index in [9.17, 15) is 13.2 Å². The number of fused-ring (bicyclic) bond motifs is 1. The number of carbonyl (C=O) groups is 1. The van der Waals surface area contributed by atoms with Crippen molar-refractivity contribution >= 4 is 43.7 Å². The van der Waals surface area contributed by atoms with Crippen LogP contribution in [0.1, 0.15) is 23.6 Å². The number of aryl methyl sites for hydroxylation is 2. The summed E-state index contributed by atoms with van der Waals surface area (Å²) in [6, 6.07) is 13.2. The molecule has 2 aliphatic rings. The van der Waals surface area contributed by atoms with Crippen molar-refractivity contribution in [3.63, 3.8) is 0 Å². The van der Waals surface area contributed by atoms with E-state index >= 15 is 0 Å². The summed E-state index contributed by atoms with van der Waals surface area (Å²) < 4.78 is 39.4. The van der Waals surface area contributed by atoms with Crippen LogP contribution < -0.4 is 19.1 Å². The van der Waals surface area contributed by atoms with E-state index in [-0.39, 0.29) is 11.4 Å². The molecule has 0 unspecified atom stereocenters. The first-order valence-corrected chi connectivity index (χ1v) is 12.7. The Labute approximate surface area is 204 Å². The fourth-order valence-electron chi connectivity index (χ4n) is 5.07. The van der Waals surface area contributed by atoms with Crippen molar-refractivity contribution in [2.24, 2.45) is 0 Å². The lowest BCUT2D eigenvalue weighted by molar-refractivity contribution is -0.112. The highest BCUT2D eigenvalue weighted by atomic mass is 32.2. The Balaban J connectivity index is 1.66. The normalized spacial score (nSPS) is 15.7. The van der Waals surface area contributed by atoms with Crippen molar-refractivity contribution in [3.05, 3.63) is 76.7 Å². The minimum atomic E-state index is -4.18. The summed E-state index contributed by atoms with van der Waals surface area (Å²) in [6.45, 7) is 5.33. The number of sulfonamides is 1. The van der Waals surface area contributed by atoms with E-state index in [4.69, 9.17) is 9.47 Å². The minimum Gasteiger partial charge on any atom is -0.493 e. The highest BCUT2D eigenvalue weighted by molar-refractivity contribution is 7.97. The fourth-order valence-corrected chi connectivity index (χ4v) is 6.78. The maximum absolute atomic E-state index is 13.7. The predicted octanol–water partition coefficient (Wildman–Crippen LogP) is 4.66. The third-order valence-corrected chi connectivity index (χ3v) is 8.62. The van der Waals surface area contributed by atoms with Crippen molar-refractivity contribution in [2.75, 3.05) is 30.4 Å². The lowest BCUT2D eigenvalue weighted by Crippen LogP contribution is -2.39. The standard InChI is InChI=1S/C27H26N2O5S/c1-5-13-29-22-15-24(34-4)23(33-3)14-20(22)16(2)26(35(29,31)32)27(30)28-21-12-11-18-10-9-17-7-6-8-19(21)25(17)18/h5-8,11-12,14-15H,1,9-10,13H2,2-4H3,(H,28,30). The minimum absolute atomic E-state index is 0.00410. The average Bonchev–Trinajstić information content (AvgIpc) is 3.27. The smallest absolute Gasteiger partial charge is 0.270 e. The number of ether oxygens (including phenoxy) is 2. The zero-order valence-corrected chi connectivity index (χ0v) is 20.7. The van der Waals surface area contributed by atoms with E-state index in [2.05, 4.69) is 18.0 Å². The Kier molecular flexibility index (Phi) is 5.56. The van der Waals surface area contributed by atoms with Gasteiger partial charge in [-0.25, -0.2) is 8.42 Å². The Morgan fingerprint density at radius 3 is 2.46 bits per heavy atom. The van der Waals surface area contributed by atoms with Gasteiger partial charge >= 0.3 is 0 Å². The topological polar surface area (TPSA) is 84.9 Å². The van der Waals surface area contributed by atoms with Gasteiger partial charge in [-0.1, -0.05) is 30.3 Å². The zero-order chi connectivity index (χ0) is 24.9. The van der Waals surface area contributed by atoms with Gasteiger partial charge in [0.2, 0.25) is 0 Å². The SMILES string of the molecule is C=CCN1c2cc(OC)c(OC)cc2C(C)=C(C(=O)Nc2ccc3c4c(cccc24)CC3)S1(=O)=O. The van der Waals surface area contributed by atoms with Crippen LogP contribution in [-0.2, 0) is 27.7 Å². The third kappa shape index (κ3) is 3.47. The summed E-state index contributed by atoms with van der Waals surface area (Å²) in [7, 11) is -1.18. The van der Waals surface area contributed by atoms with Crippen LogP contribution in [-0.4, -0.2) is 35.1 Å². The number of hydrogen-bond donors (Lipinski definition) is 1.